The second kappa shape index (κ2) is 5.49. The zero-order valence-electron chi connectivity index (χ0n) is 12.1. The number of hydrogen-bond donors (Lipinski definition) is 1. The number of aromatic nitrogens is 2. The van der Waals surface area contributed by atoms with Gasteiger partial charge in [0, 0.05) is 0 Å². The first-order valence-corrected chi connectivity index (χ1v) is 6.68. The van der Waals surface area contributed by atoms with Crippen LogP contribution in [0.3, 0.4) is 0 Å². The van der Waals surface area contributed by atoms with Crippen LogP contribution in [-0.4, -0.2) is 10.2 Å². The third kappa shape index (κ3) is 2.99. The molecule has 0 aliphatic carbocycles. The van der Waals surface area contributed by atoms with Gasteiger partial charge in [0.05, 0.1) is 17.4 Å². The van der Waals surface area contributed by atoms with Crippen LogP contribution in [0.1, 0.15) is 46.6 Å². The average Bonchev–Trinajstić information content (AvgIpc) is 2.36. The Balaban J connectivity index is 2.48. The Kier molecular flexibility index (Phi) is 3.96. The van der Waals surface area contributed by atoms with E-state index in [2.05, 4.69) is 49.2 Å². The molecule has 0 aliphatic heterocycles. The monoisotopic (exact) mass is 255 g/mol. The molecule has 0 saturated carbocycles. The SMILES string of the molecule is CCc1nnc(C)cc1C(N)c1cc(C)cc(C)c1. The van der Waals surface area contributed by atoms with E-state index in [9.17, 15) is 0 Å². The molecule has 0 radical (unpaired) electrons. The molecule has 1 unspecified atom stereocenters. The van der Waals surface area contributed by atoms with Crippen LogP contribution in [-0.2, 0) is 6.42 Å². The lowest BCUT2D eigenvalue weighted by Crippen LogP contribution is -2.16. The molecule has 1 aromatic carbocycles. The molecule has 0 amide bonds. The van der Waals surface area contributed by atoms with E-state index in [-0.39, 0.29) is 6.04 Å². The summed E-state index contributed by atoms with van der Waals surface area (Å²) in [5, 5.41) is 8.37. The Morgan fingerprint density at radius 2 is 1.63 bits per heavy atom. The number of rotatable bonds is 3. The van der Waals surface area contributed by atoms with Gasteiger partial charge in [-0.1, -0.05) is 36.2 Å². The first kappa shape index (κ1) is 13.7. The van der Waals surface area contributed by atoms with E-state index in [1.807, 2.05) is 13.0 Å². The Hall–Kier alpha value is -1.74. The number of aryl methyl sites for hydroxylation is 4. The van der Waals surface area contributed by atoms with Crippen molar-refractivity contribution in [1.82, 2.24) is 10.2 Å². The molecule has 1 heterocycles. The van der Waals surface area contributed by atoms with Gasteiger partial charge in [-0.25, -0.2) is 0 Å². The quantitative estimate of drug-likeness (QED) is 0.917. The molecule has 1 atom stereocenters. The molecule has 0 aliphatic rings. The summed E-state index contributed by atoms with van der Waals surface area (Å²) in [4.78, 5) is 0. The van der Waals surface area contributed by atoms with Gasteiger partial charge in [-0.05, 0) is 44.4 Å². The molecular weight excluding hydrogens is 234 g/mol. The first-order chi connectivity index (χ1) is 9.01. The molecule has 3 heteroatoms. The highest BCUT2D eigenvalue weighted by Gasteiger charge is 2.15. The molecule has 0 bridgehead atoms. The van der Waals surface area contributed by atoms with Gasteiger partial charge in [0.1, 0.15) is 0 Å². The third-order valence-electron chi connectivity index (χ3n) is 3.30. The molecule has 2 N–H and O–H groups in total. The number of hydrogen-bond acceptors (Lipinski definition) is 3. The van der Waals surface area contributed by atoms with Gasteiger partial charge in [-0.15, -0.1) is 0 Å². The zero-order chi connectivity index (χ0) is 14.0. The minimum atomic E-state index is -0.136. The van der Waals surface area contributed by atoms with Gasteiger partial charge < -0.3 is 5.73 Å². The van der Waals surface area contributed by atoms with Crippen molar-refractivity contribution in [2.24, 2.45) is 5.73 Å². The van der Waals surface area contributed by atoms with Crippen LogP contribution in [0.4, 0.5) is 0 Å². The lowest BCUT2D eigenvalue weighted by molar-refractivity contribution is 0.788. The minimum Gasteiger partial charge on any atom is -0.320 e. The Morgan fingerprint density at radius 3 is 2.21 bits per heavy atom. The molecular formula is C16H21N3. The van der Waals surface area contributed by atoms with Crippen LogP contribution in [0.15, 0.2) is 24.3 Å². The molecule has 0 fully saturated rings. The maximum atomic E-state index is 6.43. The smallest absolute Gasteiger partial charge is 0.0679 e. The molecule has 0 saturated heterocycles. The van der Waals surface area contributed by atoms with E-state index in [0.717, 1.165) is 28.9 Å². The van der Waals surface area contributed by atoms with Crippen molar-refractivity contribution >= 4 is 0 Å². The molecule has 100 valence electrons. The first-order valence-electron chi connectivity index (χ1n) is 6.68. The van der Waals surface area contributed by atoms with Gasteiger partial charge in [0.2, 0.25) is 0 Å². The van der Waals surface area contributed by atoms with Crippen LogP contribution >= 0.6 is 0 Å². The second-order valence-corrected chi connectivity index (χ2v) is 5.14. The molecule has 0 spiro atoms. The van der Waals surface area contributed by atoms with E-state index >= 15 is 0 Å². The largest absolute Gasteiger partial charge is 0.320 e. The maximum Gasteiger partial charge on any atom is 0.0679 e. The summed E-state index contributed by atoms with van der Waals surface area (Å²) in [5.41, 5.74) is 13.0. The summed E-state index contributed by atoms with van der Waals surface area (Å²) < 4.78 is 0. The lowest BCUT2D eigenvalue weighted by Gasteiger charge is -2.17. The summed E-state index contributed by atoms with van der Waals surface area (Å²) >= 11 is 0. The number of benzene rings is 1. The minimum absolute atomic E-state index is 0.136. The number of nitrogens with zero attached hydrogens (tertiary/aromatic N) is 2. The van der Waals surface area contributed by atoms with Gasteiger partial charge in [-0.2, -0.15) is 10.2 Å². The van der Waals surface area contributed by atoms with Crippen LogP contribution in [0.2, 0.25) is 0 Å². The van der Waals surface area contributed by atoms with Crippen LogP contribution in [0.5, 0.6) is 0 Å². The standard InChI is InChI=1S/C16H21N3/c1-5-15-14(9-12(4)18-19-15)16(17)13-7-10(2)6-11(3)8-13/h6-9,16H,5,17H2,1-4H3. The van der Waals surface area contributed by atoms with Crippen molar-refractivity contribution in [3.8, 4) is 0 Å². The predicted octanol–water partition coefficient (Wildman–Crippen LogP) is 3.01. The van der Waals surface area contributed by atoms with Crippen molar-refractivity contribution < 1.29 is 0 Å². The Morgan fingerprint density at radius 1 is 1.00 bits per heavy atom. The summed E-state index contributed by atoms with van der Waals surface area (Å²) in [7, 11) is 0. The summed E-state index contributed by atoms with van der Waals surface area (Å²) in [6.45, 7) is 8.22. The van der Waals surface area contributed by atoms with Crippen LogP contribution in [0, 0.1) is 20.8 Å². The van der Waals surface area contributed by atoms with Gasteiger partial charge >= 0.3 is 0 Å². The van der Waals surface area contributed by atoms with Crippen molar-refractivity contribution in [3.63, 3.8) is 0 Å². The Labute approximate surface area is 114 Å². The fourth-order valence-corrected chi connectivity index (χ4v) is 2.45. The highest BCUT2D eigenvalue weighted by molar-refractivity contribution is 5.38. The maximum absolute atomic E-state index is 6.43. The highest BCUT2D eigenvalue weighted by atomic mass is 15.1. The topological polar surface area (TPSA) is 51.8 Å². The average molecular weight is 255 g/mol. The lowest BCUT2D eigenvalue weighted by atomic mass is 9.94. The third-order valence-corrected chi connectivity index (χ3v) is 3.30. The highest BCUT2D eigenvalue weighted by Crippen LogP contribution is 2.24. The van der Waals surface area contributed by atoms with Crippen molar-refractivity contribution in [2.45, 2.75) is 40.2 Å². The van der Waals surface area contributed by atoms with Gasteiger partial charge in [-0.3, -0.25) is 0 Å². The molecule has 3 nitrogen and oxygen atoms in total. The summed E-state index contributed by atoms with van der Waals surface area (Å²) in [6.07, 6.45) is 0.848. The van der Waals surface area contributed by atoms with E-state index in [0.29, 0.717) is 0 Å². The number of nitrogens with two attached hydrogens (primary N) is 1. The van der Waals surface area contributed by atoms with E-state index in [1.54, 1.807) is 0 Å². The fourth-order valence-electron chi connectivity index (χ4n) is 2.45. The van der Waals surface area contributed by atoms with E-state index in [1.165, 1.54) is 11.1 Å². The van der Waals surface area contributed by atoms with Crippen LogP contribution in [0.25, 0.3) is 0 Å². The molecule has 2 rings (SSSR count). The van der Waals surface area contributed by atoms with Crippen LogP contribution < -0.4 is 5.73 Å². The van der Waals surface area contributed by atoms with Crippen molar-refractivity contribution in [3.05, 3.63) is 57.9 Å². The van der Waals surface area contributed by atoms with Crippen molar-refractivity contribution in [2.75, 3.05) is 0 Å². The summed E-state index contributed by atoms with van der Waals surface area (Å²) in [6, 6.07) is 8.36. The zero-order valence-corrected chi connectivity index (χ0v) is 12.1. The van der Waals surface area contributed by atoms with Crippen molar-refractivity contribution in [1.29, 1.82) is 0 Å². The summed E-state index contributed by atoms with van der Waals surface area (Å²) in [5.74, 6) is 0. The van der Waals surface area contributed by atoms with Gasteiger partial charge in [0.25, 0.3) is 0 Å². The fraction of sp³-hybridized carbons (Fsp3) is 0.375. The second-order valence-electron chi connectivity index (χ2n) is 5.14. The van der Waals surface area contributed by atoms with Gasteiger partial charge in [0.15, 0.2) is 0 Å². The molecule has 19 heavy (non-hydrogen) atoms. The molecule has 2 aromatic rings. The Bertz CT molecular complexity index is 570. The normalized spacial score (nSPS) is 12.5. The molecule has 1 aromatic heterocycles. The van der Waals surface area contributed by atoms with E-state index < -0.39 is 0 Å². The predicted molar refractivity (Wildman–Crippen MR) is 78.1 cm³/mol. The van der Waals surface area contributed by atoms with E-state index in [4.69, 9.17) is 5.73 Å².